The van der Waals surface area contributed by atoms with Crippen molar-refractivity contribution in [2.45, 2.75) is 19.3 Å². The molecule has 0 saturated carbocycles. The van der Waals surface area contributed by atoms with Crippen molar-refractivity contribution in [3.63, 3.8) is 0 Å². The van der Waals surface area contributed by atoms with E-state index in [9.17, 15) is 4.79 Å². The number of carbonyl (C=O) groups excluding carboxylic acids is 1. The van der Waals surface area contributed by atoms with Crippen LogP contribution in [0.15, 0.2) is 67.0 Å². The highest BCUT2D eigenvalue weighted by Crippen LogP contribution is 2.18. The van der Waals surface area contributed by atoms with Gasteiger partial charge >= 0.3 is 5.97 Å². The third-order valence-electron chi connectivity index (χ3n) is 3.91. The summed E-state index contributed by atoms with van der Waals surface area (Å²) in [6.07, 6.45) is 5.33. The number of nitrogens with zero attached hydrogens (tertiary/aromatic N) is 1. The largest absolute Gasteiger partial charge is 0.493 e. The number of aromatic nitrogens is 1. The molecule has 0 aliphatic rings. The second-order valence-corrected chi connectivity index (χ2v) is 5.76. The topological polar surface area (TPSA) is 48.4 Å². The van der Waals surface area contributed by atoms with E-state index in [0.29, 0.717) is 32.5 Å². The Morgan fingerprint density at radius 1 is 0.920 bits per heavy atom. The van der Waals surface area contributed by atoms with Gasteiger partial charge in [0.1, 0.15) is 5.75 Å². The number of ether oxygens (including phenoxy) is 2. The van der Waals surface area contributed by atoms with Crippen LogP contribution in [0.25, 0.3) is 10.8 Å². The summed E-state index contributed by atoms with van der Waals surface area (Å²) in [5, 5.41) is 2.23. The van der Waals surface area contributed by atoms with Gasteiger partial charge in [0.2, 0.25) is 0 Å². The molecule has 3 rings (SSSR count). The molecule has 1 aromatic heterocycles. The van der Waals surface area contributed by atoms with E-state index in [4.69, 9.17) is 9.47 Å². The summed E-state index contributed by atoms with van der Waals surface area (Å²) in [5.74, 6) is 0.643. The Morgan fingerprint density at radius 2 is 1.72 bits per heavy atom. The van der Waals surface area contributed by atoms with Crippen LogP contribution in [0.3, 0.4) is 0 Å². The molecule has 4 heteroatoms. The molecule has 0 aliphatic heterocycles. The maximum atomic E-state index is 11.9. The minimum Gasteiger partial charge on any atom is -0.493 e. The Kier molecular flexibility index (Phi) is 5.99. The maximum absolute atomic E-state index is 11.9. The molecule has 0 bridgehead atoms. The summed E-state index contributed by atoms with van der Waals surface area (Å²) < 4.78 is 10.8. The van der Waals surface area contributed by atoms with E-state index < -0.39 is 0 Å². The molecule has 0 atom stereocenters. The molecule has 0 unspecified atom stereocenters. The number of esters is 1. The van der Waals surface area contributed by atoms with Crippen LogP contribution in [0.1, 0.15) is 18.4 Å². The van der Waals surface area contributed by atoms with Crippen molar-refractivity contribution in [3.8, 4) is 5.75 Å². The molecule has 0 saturated heterocycles. The molecule has 0 amide bonds. The number of aryl methyl sites for hydroxylation is 1. The van der Waals surface area contributed by atoms with E-state index in [2.05, 4.69) is 11.1 Å². The van der Waals surface area contributed by atoms with Gasteiger partial charge in [-0.2, -0.15) is 0 Å². The summed E-state index contributed by atoms with van der Waals surface area (Å²) in [6, 6.07) is 17.7. The molecular formula is C21H21NO3. The van der Waals surface area contributed by atoms with E-state index in [0.717, 1.165) is 22.1 Å². The van der Waals surface area contributed by atoms with E-state index in [1.807, 2.05) is 60.9 Å². The number of pyridine rings is 1. The quantitative estimate of drug-likeness (QED) is 0.458. The first-order chi connectivity index (χ1) is 12.3. The van der Waals surface area contributed by atoms with Gasteiger partial charge in [0.05, 0.1) is 13.2 Å². The van der Waals surface area contributed by atoms with Crippen LogP contribution < -0.4 is 4.74 Å². The zero-order valence-corrected chi connectivity index (χ0v) is 14.1. The molecule has 3 aromatic rings. The van der Waals surface area contributed by atoms with Gasteiger partial charge in [-0.1, -0.05) is 42.5 Å². The summed E-state index contributed by atoms with van der Waals surface area (Å²) in [6.45, 7) is 0.907. The Balaban J connectivity index is 1.38. The molecule has 1 heterocycles. The minimum absolute atomic E-state index is 0.187. The number of hydrogen-bond donors (Lipinski definition) is 0. The Morgan fingerprint density at radius 3 is 2.60 bits per heavy atom. The predicted octanol–water partition coefficient (Wildman–Crippen LogP) is 4.18. The SMILES string of the molecule is O=C(CCc1cncc2ccccc12)OCCCOc1ccccc1. The van der Waals surface area contributed by atoms with Gasteiger partial charge in [-0.15, -0.1) is 0 Å². The van der Waals surface area contributed by atoms with Crippen LogP contribution in [-0.4, -0.2) is 24.2 Å². The molecule has 128 valence electrons. The van der Waals surface area contributed by atoms with Crippen molar-refractivity contribution in [1.82, 2.24) is 4.98 Å². The standard InChI is InChI=1S/C21H21NO3/c23-21(25-14-6-13-24-19-8-2-1-3-9-19)12-11-18-16-22-15-17-7-4-5-10-20(17)18/h1-5,7-10,15-16H,6,11-14H2. The normalized spacial score (nSPS) is 10.6. The summed E-state index contributed by atoms with van der Waals surface area (Å²) in [4.78, 5) is 16.1. The van der Waals surface area contributed by atoms with Gasteiger partial charge in [0.25, 0.3) is 0 Å². The van der Waals surface area contributed by atoms with Crippen molar-refractivity contribution in [1.29, 1.82) is 0 Å². The lowest BCUT2D eigenvalue weighted by molar-refractivity contribution is -0.143. The zero-order chi connectivity index (χ0) is 17.3. The number of rotatable bonds is 8. The number of carbonyl (C=O) groups is 1. The van der Waals surface area contributed by atoms with E-state index >= 15 is 0 Å². The average Bonchev–Trinajstić information content (AvgIpc) is 2.67. The predicted molar refractivity (Wildman–Crippen MR) is 97.6 cm³/mol. The van der Waals surface area contributed by atoms with Crippen LogP contribution >= 0.6 is 0 Å². The van der Waals surface area contributed by atoms with E-state index in [1.165, 1.54) is 0 Å². The number of para-hydroxylation sites is 1. The van der Waals surface area contributed by atoms with Gasteiger partial charge < -0.3 is 9.47 Å². The molecule has 25 heavy (non-hydrogen) atoms. The van der Waals surface area contributed by atoms with E-state index in [-0.39, 0.29) is 5.97 Å². The summed E-state index contributed by atoms with van der Waals surface area (Å²) in [7, 11) is 0. The molecule has 0 spiro atoms. The second-order valence-electron chi connectivity index (χ2n) is 5.76. The highest BCUT2D eigenvalue weighted by molar-refractivity contribution is 5.85. The Hall–Kier alpha value is -2.88. The van der Waals surface area contributed by atoms with Crippen LogP contribution in [0.5, 0.6) is 5.75 Å². The third-order valence-corrected chi connectivity index (χ3v) is 3.91. The first-order valence-corrected chi connectivity index (χ1v) is 8.48. The highest BCUT2D eigenvalue weighted by Gasteiger charge is 2.07. The lowest BCUT2D eigenvalue weighted by Gasteiger charge is -2.08. The monoisotopic (exact) mass is 335 g/mol. The van der Waals surface area contributed by atoms with Crippen LogP contribution in [0, 0.1) is 0 Å². The van der Waals surface area contributed by atoms with Crippen molar-refractivity contribution < 1.29 is 14.3 Å². The van der Waals surface area contributed by atoms with Crippen molar-refractivity contribution in [3.05, 3.63) is 72.6 Å². The van der Waals surface area contributed by atoms with Crippen molar-refractivity contribution in [2.24, 2.45) is 0 Å². The van der Waals surface area contributed by atoms with Gasteiger partial charge in [-0.3, -0.25) is 9.78 Å². The van der Waals surface area contributed by atoms with Crippen molar-refractivity contribution >= 4 is 16.7 Å². The molecule has 0 aliphatic carbocycles. The lowest BCUT2D eigenvalue weighted by Crippen LogP contribution is -2.10. The fourth-order valence-corrected chi connectivity index (χ4v) is 2.64. The van der Waals surface area contributed by atoms with Crippen molar-refractivity contribution in [2.75, 3.05) is 13.2 Å². The Bertz CT molecular complexity index is 812. The van der Waals surface area contributed by atoms with Gasteiger partial charge in [0.15, 0.2) is 0 Å². The molecular weight excluding hydrogens is 314 g/mol. The first-order valence-electron chi connectivity index (χ1n) is 8.48. The van der Waals surface area contributed by atoms with Crippen LogP contribution in [-0.2, 0) is 16.0 Å². The average molecular weight is 335 g/mol. The molecule has 2 aromatic carbocycles. The first kappa shape index (κ1) is 17.0. The molecule has 0 N–H and O–H groups in total. The zero-order valence-electron chi connectivity index (χ0n) is 14.1. The lowest BCUT2D eigenvalue weighted by atomic mass is 10.0. The van der Waals surface area contributed by atoms with E-state index in [1.54, 1.807) is 0 Å². The minimum atomic E-state index is -0.187. The summed E-state index contributed by atoms with van der Waals surface area (Å²) >= 11 is 0. The number of fused-ring (bicyclic) bond motifs is 1. The smallest absolute Gasteiger partial charge is 0.306 e. The fourth-order valence-electron chi connectivity index (χ4n) is 2.64. The van der Waals surface area contributed by atoms with Gasteiger partial charge in [-0.05, 0) is 29.5 Å². The number of hydrogen-bond acceptors (Lipinski definition) is 4. The molecule has 0 radical (unpaired) electrons. The molecule has 0 fully saturated rings. The highest BCUT2D eigenvalue weighted by atomic mass is 16.5. The fraction of sp³-hybridized carbons (Fsp3) is 0.238. The Labute approximate surface area is 147 Å². The van der Waals surface area contributed by atoms with Crippen LogP contribution in [0.2, 0.25) is 0 Å². The van der Waals surface area contributed by atoms with Gasteiger partial charge in [0, 0.05) is 30.6 Å². The second kappa shape index (κ2) is 8.83. The maximum Gasteiger partial charge on any atom is 0.306 e. The molecule has 4 nitrogen and oxygen atoms in total. The number of benzene rings is 2. The summed E-state index contributed by atoms with van der Waals surface area (Å²) in [5.41, 5.74) is 1.07. The van der Waals surface area contributed by atoms with Crippen LogP contribution in [0.4, 0.5) is 0 Å². The third kappa shape index (κ3) is 5.05. The van der Waals surface area contributed by atoms with Gasteiger partial charge in [-0.25, -0.2) is 0 Å².